The van der Waals surface area contributed by atoms with Gasteiger partial charge in [0.1, 0.15) is 0 Å². The summed E-state index contributed by atoms with van der Waals surface area (Å²) in [5.41, 5.74) is -2.80. The summed E-state index contributed by atoms with van der Waals surface area (Å²) in [7, 11) is 0. The zero-order valence-electron chi connectivity index (χ0n) is 16.4. The first kappa shape index (κ1) is 25.4. The van der Waals surface area contributed by atoms with Crippen molar-refractivity contribution in [2.75, 3.05) is 26.2 Å². The third kappa shape index (κ3) is 5.70. The molecule has 2 aromatic rings. The van der Waals surface area contributed by atoms with Gasteiger partial charge in [-0.05, 0) is 30.7 Å². The molecule has 0 radical (unpaired) electrons. The molecule has 1 aliphatic rings. The predicted octanol–water partition coefficient (Wildman–Crippen LogP) is 4.53. The van der Waals surface area contributed by atoms with Crippen molar-refractivity contribution in [3.8, 4) is 0 Å². The average molecular weight is 482 g/mol. The number of amides is 2. The number of hydrogen-bond donors (Lipinski definition) is 0. The maximum absolute atomic E-state index is 13.2. The second-order valence-corrected chi connectivity index (χ2v) is 6.94. The molecule has 1 aromatic carbocycles. The maximum atomic E-state index is 13.2. The minimum atomic E-state index is -4.73. The van der Waals surface area contributed by atoms with Crippen molar-refractivity contribution in [3.63, 3.8) is 0 Å². The largest absolute Gasteiger partial charge is 0.417 e. The number of carbonyl (C=O) groups excluding carboxylic acids is 2. The molecule has 0 aliphatic carbocycles. The Balaban J connectivity index is 0.00000363. The van der Waals surface area contributed by atoms with Gasteiger partial charge in [-0.2, -0.15) is 26.3 Å². The normalized spacial score (nSPS) is 15.1. The van der Waals surface area contributed by atoms with Crippen LogP contribution in [0.15, 0.2) is 42.7 Å². The first-order valence-corrected chi connectivity index (χ1v) is 9.25. The Hall–Kier alpha value is -2.82. The van der Waals surface area contributed by atoms with Crippen LogP contribution in [0.5, 0.6) is 0 Å². The summed E-state index contributed by atoms with van der Waals surface area (Å²) in [6, 6.07) is 4.71. The summed E-state index contributed by atoms with van der Waals surface area (Å²) in [5.74, 6) is -1.51. The minimum absolute atomic E-state index is 0. The Bertz CT molecular complexity index is 980. The fraction of sp³-hybridized carbons (Fsp3) is 0.350. The molecule has 1 aliphatic heterocycles. The van der Waals surface area contributed by atoms with Gasteiger partial charge in [0, 0.05) is 44.1 Å². The van der Waals surface area contributed by atoms with E-state index in [4.69, 9.17) is 0 Å². The first-order valence-electron chi connectivity index (χ1n) is 9.25. The molecule has 0 spiro atoms. The molecule has 0 bridgehead atoms. The smallest absolute Gasteiger partial charge is 0.337 e. The number of halogens is 7. The first-order chi connectivity index (χ1) is 14.5. The highest BCUT2D eigenvalue weighted by Gasteiger charge is 2.37. The molecule has 2 amide bonds. The Morgan fingerprint density at radius 1 is 0.844 bits per heavy atom. The molecule has 0 N–H and O–H groups in total. The lowest BCUT2D eigenvalue weighted by molar-refractivity contribution is -0.138. The van der Waals surface area contributed by atoms with E-state index in [0.717, 1.165) is 30.6 Å². The van der Waals surface area contributed by atoms with Crippen LogP contribution in [0.3, 0.4) is 0 Å². The molecule has 0 saturated carbocycles. The molecule has 12 heteroatoms. The van der Waals surface area contributed by atoms with Crippen molar-refractivity contribution in [2.45, 2.75) is 18.8 Å². The van der Waals surface area contributed by atoms with Crippen LogP contribution in [-0.4, -0.2) is 52.8 Å². The van der Waals surface area contributed by atoms with Gasteiger partial charge >= 0.3 is 12.4 Å². The predicted molar refractivity (Wildman–Crippen MR) is 104 cm³/mol. The highest BCUT2D eigenvalue weighted by atomic mass is 35.5. The molecule has 32 heavy (non-hydrogen) atoms. The topological polar surface area (TPSA) is 53.5 Å². The number of carbonyl (C=O) groups is 2. The van der Waals surface area contributed by atoms with Crippen molar-refractivity contribution in [1.29, 1.82) is 0 Å². The van der Waals surface area contributed by atoms with Crippen molar-refractivity contribution < 1.29 is 35.9 Å². The van der Waals surface area contributed by atoms with Gasteiger partial charge in [0.2, 0.25) is 0 Å². The molecular weight excluding hydrogens is 464 g/mol. The lowest BCUT2D eigenvalue weighted by Gasteiger charge is -2.23. The summed E-state index contributed by atoms with van der Waals surface area (Å²) in [6.07, 6.45) is -7.28. The van der Waals surface area contributed by atoms with Gasteiger partial charge < -0.3 is 9.80 Å². The van der Waals surface area contributed by atoms with Crippen LogP contribution in [0, 0.1) is 0 Å². The van der Waals surface area contributed by atoms with Gasteiger partial charge in [-0.15, -0.1) is 12.4 Å². The van der Waals surface area contributed by atoms with Crippen LogP contribution in [0.1, 0.15) is 38.3 Å². The van der Waals surface area contributed by atoms with Crippen LogP contribution in [0.25, 0.3) is 0 Å². The van der Waals surface area contributed by atoms with Crippen molar-refractivity contribution in [1.82, 2.24) is 14.8 Å². The minimum Gasteiger partial charge on any atom is -0.337 e. The van der Waals surface area contributed by atoms with Crippen LogP contribution in [0.2, 0.25) is 0 Å². The highest BCUT2D eigenvalue weighted by Crippen LogP contribution is 2.32. The number of benzene rings is 1. The van der Waals surface area contributed by atoms with Gasteiger partial charge in [-0.3, -0.25) is 14.6 Å². The van der Waals surface area contributed by atoms with E-state index in [1.54, 1.807) is 0 Å². The third-order valence-corrected chi connectivity index (χ3v) is 4.86. The second-order valence-electron chi connectivity index (χ2n) is 6.94. The maximum Gasteiger partial charge on any atom is 0.417 e. The summed E-state index contributed by atoms with van der Waals surface area (Å²) in [6.45, 7) is 0.160. The highest BCUT2D eigenvalue weighted by molar-refractivity contribution is 5.96. The van der Waals surface area contributed by atoms with E-state index in [1.807, 2.05) is 0 Å². The van der Waals surface area contributed by atoms with E-state index in [-0.39, 0.29) is 50.6 Å². The van der Waals surface area contributed by atoms with Crippen LogP contribution in [0.4, 0.5) is 26.3 Å². The van der Waals surface area contributed by atoms with Crippen molar-refractivity contribution in [2.24, 2.45) is 0 Å². The lowest BCUT2D eigenvalue weighted by atomic mass is 10.1. The Kier molecular flexibility index (Phi) is 7.76. The molecule has 1 saturated heterocycles. The lowest BCUT2D eigenvalue weighted by Crippen LogP contribution is -2.38. The quantitative estimate of drug-likeness (QED) is 0.592. The second kappa shape index (κ2) is 9.76. The Morgan fingerprint density at radius 3 is 2.06 bits per heavy atom. The number of nitrogens with zero attached hydrogens (tertiary/aromatic N) is 3. The molecule has 174 valence electrons. The van der Waals surface area contributed by atoms with E-state index in [2.05, 4.69) is 4.98 Å². The zero-order chi connectivity index (χ0) is 22.8. The van der Waals surface area contributed by atoms with Crippen LogP contribution in [-0.2, 0) is 12.4 Å². The van der Waals surface area contributed by atoms with E-state index in [1.165, 1.54) is 15.9 Å². The molecule has 2 heterocycles. The van der Waals surface area contributed by atoms with E-state index < -0.39 is 40.9 Å². The summed E-state index contributed by atoms with van der Waals surface area (Å²) < 4.78 is 78.3. The number of aromatic nitrogens is 1. The van der Waals surface area contributed by atoms with Gasteiger partial charge in [0.05, 0.1) is 16.7 Å². The molecule has 0 unspecified atom stereocenters. The number of rotatable bonds is 2. The zero-order valence-corrected chi connectivity index (χ0v) is 17.2. The SMILES string of the molecule is Cl.O=C(c1cccc(C(F)(F)F)c1)N1CCCN(C(=O)c2cnccc2C(F)(F)F)CC1. The van der Waals surface area contributed by atoms with Gasteiger partial charge in [-0.25, -0.2) is 0 Å². The number of alkyl halides is 6. The fourth-order valence-electron chi connectivity index (χ4n) is 3.32. The Morgan fingerprint density at radius 2 is 1.47 bits per heavy atom. The fourth-order valence-corrected chi connectivity index (χ4v) is 3.32. The molecule has 1 aromatic heterocycles. The van der Waals surface area contributed by atoms with Crippen LogP contribution >= 0.6 is 12.4 Å². The molecule has 3 rings (SSSR count). The monoisotopic (exact) mass is 481 g/mol. The number of pyridine rings is 1. The van der Waals surface area contributed by atoms with Gasteiger partial charge in [0.25, 0.3) is 11.8 Å². The van der Waals surface area contributed by atoms with Crippen LogP contribution < -0.4 is 0 Å². The molecule has 5 nitrogen and oxygen atoms in total. The number of hydrogen-bond acceptors (Lipinski definition) is 3. The van der Waals surface area contributed by atoms with E-state index in [0.29, 0.717) is 6.07 Å². The average Bonchev–Trinajstić information content (AvgIpc) is 2.98. The van der Waals surface area contributed by atoms with Crippen molar-refractivity contribution >= 4 is 24.2 Å². The summed E-state index contributed by atoms with van der Waals surface area (Å²) >= 11 is 0. The Labute approximate surface area is 185 Å². The standard InChI is InChI=1S/C20H17F6N3O2.ClH/c21-19(22,23)14-4-1-3-13(11-14)17(30)28-7-2-8-29(10-9-28)18(31)15-12-27-6-5-16(15)20(24,25)26;/h1,3-6,11-12H,2,7-10H2;1H. The van der Waals surface area contributed by atoms with E-state index in [9.17, 15) is 35.9 Å². The molecular formula is C20H18ClF6N3O2. The van der Waals surface area contributed by atoms with Crippen molar-refractivity contribution in [3.05, 3.63) is 65.0 Å². The van der Waals surface area contributed by atoms with Gasteiger partial charge in [0.15, 0.2) is 0 Å². The third-order valence-electron chi connectivity index (χ3n) is 4.86. The van der Waals surface area contributed by atoms with E-state index >= 15 is 0 Å². The molecule has 0 atom stereocenters. The van der Waals surface area contributed by atoms with Gasteiger partial charge in [-0.1, -0.05) is 6.07 Å². The summed E-state index contributed by atoms with van der Waals surface area (Å²) in [4.78, 5) is 31.4. The molecule has 1 fully saturated rings. The summed E-state index contributed by atoms with van der Waals surface area (Å²) in [5, 5.41) is 0.